The van der Waals surface area contributed by atoms with Crippen molar-refractivity contribution in [3.63, 3.8) is 0 Å². The van der Waals surface area contributed by atoms with Gasteiger partial charge in [-0.3, -0.25) is 0 Å². The van der Waals surface area contributed by atoms with Crippen LogP contribution in [0.15, 0.2) is 54.1 Å². The number of thioether (sulfide) groups is 2. The fraction of sp³-hybridized carbons (Fsp3) is 0.231. The van der Waals surface area contributed by atoms with Gasteiger partial charge in [0, 0.05) is 15.4 Å². The summed E-state index contributed by atoms with van der Waals surface area (Å²) in [7, 11) is 0. The van der Waals surface area contributed by atoms with Gasteiger partial charge in [0.1, 0.15) is 0 Å². The average Bonchev–Trinajstić information content (AvgIpc) is 2.62. The SMILES string of the molecule is CC1=CC2SC(Br)=C(C3=CCC4=C3S4)C2=C1. The van der Waals surface area contributed by atoms with Crippen molar-refractivity contribution in [3.05, 3.63) is 54.1 Å². The van der Waals surface area contributed by atoms with E-state index in [0.717, 1.165) is 6.42 Å². The van der Waals surface area contributed by atoms with Crippen LogP contribution in [-0.4, -0.2) is 5.25 Å². The molecule has 80 valence electrons. The normalized spacial score (nSPS) is 30.4. The highest BCUT2D eigenvalue weighted by Gasteiger charge is 2.39. The second-order valence-electron chi connectivity index (χ2n) is 4.37. The van der Waals surface area contributed by atoms with E-state index in [0.29, 0.717) is 5.25 Å². The highest BCUT2D eigenvalue weighted by Crippen LogP contribution is 2.62. The second-order valence-corrected chi connectivity index (χ2v) is 7.95. The summed E-state index contributed by atoms with van der Waals surface area (Å²) in [6.07, 6.45) is 8.25. The molecule has 0 aromatic rings. The van der Waals surface area contributed by atoms with E-state index < -0.39 is 0 Å². The van der Waals surface area contributed by atoms with E-state index in [1.807, 2.05) is 23.5 Å². The van der Waals surface area contributed by atoms with Gasteiger partial charge in [0.2, 0.25) is 0 Å². The molecule has 3 heteroatoms. The lowest BCUT2D eigenvalue weighted by Crippen LogP contribution is -1.96. The quantitative estimate of drug-likeness (QED) is 0.677. The first-order valence-electron chi connectivity index (χ1n) is 5.33. The maximum atomic E-state index is 3.74. The third-order valence-corrected chi connectivity index (χ3v) is 6.36. The molecule has 0 nitrogen and oxygen atoms in total. The van der Waals surface area contributed by atoms with E-state index in [1.54, 1.807) is 9.81 Å². The van der Waals surface area contributed by atoms with Crippen molar-refractivity contribution >= 4 is 39.5 Å². The maximum absolute atomic E-state index is 3.74. The van der Waals surface area contributed by atoms with E-state index in [4.69, 9.17) is 0 Å². The molecule has 0 amide bonds. The van der Waals surface area contributed by atoms with Gasteiger partial charge in [0.25, 0.3) is 0 Å². The fourth-order valence-corrected chi connectivity index (χ4v) is 5.56. The summed E-state index contributed by atoms with van der Waals surface area (Å²) in [6, 6.07) is 0. The molecule has 0 aromatic heterocycles. The lowest BCUT2D eigenvalue weighted by atomic mass is 9.99. The topological polar surface area (TPSA) is 0 Å². The van der Waals surface area contributed by atoms with Crippen molar-refractivity contribution < 1.29 is 0 Å². The monoisotopic (exact) mass is 308 g/mol. The van der Waals surface area contributed by atoms with Gasteiger partial charge in [-0.25, -0.2) is 0 Å². The third kappa shape index (κ3) is 1.25. The van der Waals surface area contributed by atoms with E-state index >= 15 is 0 Å². The molecular weight excluding hydrogens is 300 g/mol. The predicted octanol–water partition coefficient (Wildman–Crippen LogP) is 4.88. The Bertz CT molecular complexity index is 573. The third-order valence-electron chi connectivity index (χ3n) is 3.26. The highest BCUT2D eigenvalue weighted by molar-refractivity contribution is 9.14. The van der Waals surface area contributed by atoms with Crippen LogP contribution in [0.5, 0.6) is 0 Å². The minimum atomic E-state index is 0.554. The van der Waals surface area contributed by atoms with Crippen molar-refractivity contribution in [2.24, 2.45) is 0 Å². The number of rotatable bonds is 1. The molecule has 0 saturated heterocycles. The summed E-state index contributed by atoms with van der Waals surface area (Å²) >= 11 is 7.64. The van der Waals surface area contributed by atoms with Gasteiger partial charge in [-0.05, 0) is 40.4 Å². The zero-order chi connectivity index (χ0) is 10.9. The number of hydrogen-bond acceptors (Lipinski definition) is 2. The zero-order valence-corrected chi connectivity index (χ0v) is 11.9. The lowest BCUT2D eigenvalue weighted by Gasteiger charge is -2.07. The molecule has 0 aromatic carbocycles. The van der Waals surface area contributed by atoms with Crippen LogP contribution < -0.4 is 0 Å². The smallest absolute Gasteiger partial charge is 0.0594 e. The predicted molar refractivity (Wildman–Crippen MR) is 76.5 cm³/mol. The minimum Gasteiger partial charge on any atom is -0.106 e. The standard InChI is InChI=1S/C13H9BrS2/c1-6-4-8-10(5-6)16-13(14)11(8)7-2-3-9-12(7)15-9/h2,4-5,10H,3H2,1H3. The molecule has 16 heavy (non-hydrogen) atoms. The number of fused-ring (bicyclic) bond motifs is 1. The molecule has 0 fully saturated rings. The average molecular weight is 309 g/mol. The van der Waals surface area contributed by atoms with E-state index in [9.17, 15) is 0 Å². The van der Waals surface area contributed by atoms with Gasteiger partial charge < -0.3 is 0 Å². The Morgan fingerprint density at radius 1 is 1.44 bits per heavy atom. The first-order chi connectivity index (χ1) is 7.74. The summed E-state index contributed by atoms with van der Waals surface area (Å²) in [6.45, 7) is 2.19. The van der Waals surface area contributed by atoms with Crippen LogP contribution in [0.3, 0.4) is 0 Å². The number of allylic oxidation sites excluding steroid dienone is 6. The number of halogens is 1. The van der Waals surface area contributed by atoms with Crippen LogP contribution >= 0.6 is 39.5 Å². The van der Waals surface area contributed by atoms with Crippen LogP contribution in [0.2, 0.25) is 0 Å². The Morgan fingerprint density at radius 3 is 3.00 bits per heavy atom. The molecule has 1 atom stereocenters. The molecule has 4 aliphatic rings. The summed E-state index contributed by atoms with van der Waals surface area (Å²) < 4.78 is 1.32. The van der Waals surface area contributed by atoms with Crippen LogP contribution in [0.4, 0.5) is 0 Å². The Labute approximate surface area is 112 Å². The van der Waals surface area contributed by atoms with Gasteiger partial charge >= 0.3 is 0 Å². The Balaban J connectivity index is 1.81. The number of hydrogen-bond donors (Lipinski definition) is 0. The van der Waals surface area contributed by atoms with Crippen molar-refractivity contribution in [1.82, 2.24) is 0 Å². The van der Waals surface area contributed by atoms with E-state index in [-0.39, 0.29) is 0 Å². The first kappa shape index (κ1) is 9.86. The summed E-state index contributed by atoms with van der Waals surface area (Å²) in [5.41, 5.74) is 5.84. The molecule has 2 aliphatic heterocycles. The van der Waals surface area contributed by atoms with Gasteiger partial charge in [0.15, 0.2) is 0 Å². The van der Waals surface area contributed by atoms with Gasteiger partial charge in [-0.15, -0.1) is 11.8 Å². The van der Waals surface area contributed by atoms with Crippen LogP contribution in [0, 0.1) is 0 Å². The highest BCUT2D eigenvalue weighted by atomic mass is 79.9. The fourth-order valence-electron chi connectivity index (χ4n) is 2.50. The molecule has 0 radical (unpaired) electrons. The zero-order valence-electron chi connectivity index (χ0n) is 8.71. The maximum Gasteiger partial charge on any atom is 0.0594 e. The minimum absolute atomic E-state index is 0.554. The molecule has 0 saturated carbocycles. The first-order valence-corrected chi connectivity index (χ1v) is 7.81. The molecule has 2 aliphatic carbocycles. The van der Waals surface area contributed by atoms with Crippen LogP contribution in [-0.2, 0) is 0 Å². The largest absolute Gasteiger partial charge is 0.106 e. The van der Waals surface area contributed by atoms with Gasteiger partial charge in [0.05, 0.1) is 9.06 Å². The Morgan fingerprint density at radius 2 is 2.31 bits per heavy atom. The lowest BCUT2D eigenvalue weighted by molar-refractivity contribution is 1.31. The second kappa shape index (κ2) is 3.21. The van der Waals surface area contributed by atoms with Crippen molar-refractivity contribution in [2.75, 3.05) is 0 Å². The van der Waals surface area contributed by atoms with E-state index in [1.165, 1.54) is 26.1 Å². The molecule has 1 unspecified atom stereocenters. The van der Waals surface area contributed by atoms with Crippen LogP contribution in [0.1, 0.15) is 13.3 Å². The Hall–Kier alpha value is -0.120. The molecule has 0 bridgehead atoms. The van der Waals surface area contributed by atoms with Crippen molar-refractivity contribution in [3.8, 4) is 0 Å². The molecular formula is C13H9BrS2. The van der Waals surface area contributed by atoms with E-state index in [2.05, 4.69) is 41.1 Å². The summed E-state index contributed by atoms with van der Waals surface area (Å²) in [5.74, 6) is 0. The van der Waals surface area contributed by atoms with Crippen molar-refractivity contribution in [2.45, 2.75) is 18.6 Å². The summed E-state index contributed by atoms with van der Waals surface area (Å²) in [4.78, 5) is 3.12. The van der Waals surface area contributed by atoms with Gasteiger partial charge in [-0.2, -0.15) is 0 Å². The molecule has 0 N–H and O–H groups in total. The molecule has 2 heterocycles. The van der Waals surface area contributed by atoms with Gasteiger partial charge in [-0.1, -0.05) is 35.6 Å². The van der Waals surface area contributed by atoms with Crippen LogP contribution in [0.25, 0.3) is 0 Å². The molecule has 0 spiro atoms. The molecule has 4 rings (SSSR count). The summed E-state index contributed by atoms with van der Waals surface area (Å²) in [5, 5.41) is 0.554. The Kier molecular flexibility index (Phi) is 1.98. The van der Waals surface area contributed by atoms with Crippen molar-refractivity contribution in [1.29, 1.82) is 0 Å².